The Balaban J connectivity index is 2.15. The van der Waals surface area contributed by atoms with Gasteiger partial charge in [0, 0.05) is 32.2 Å². The van der Waals surface area contributed by atoms with Crippen LogP contribution in [-0.4, -0.2) is 46.7 Å². The number of ether oxygens (including phenoxy) is 2. The lowest BCUT2D eigenvalue weighted by Gasteiger charge is -2.25. The van der Waals surface area contributed by atoms with Crippen LogP contribution in [0.25, 0.3) is 0 Å². The standard InChI is InChI=1S/C14H19NO5S/c1-11(16)12-4-3-5-13(8-12)21(17,18)15-9-14(19-2)6-7-20-10-14/h3-5,8,15H,6-7,9-10H2,1-2H3. The van der Waals surface area contributed by atoms with Crippen molar-refractivity contribution in [3.63, 3.8) is 0 Å². The lowest BCUT2D eigenvalue weighted by Crippen LogP contribution is -2.44. The number of sulfonamides is 1. The first-order valence-electron chi connectivity index (χ1n) is 6.62. The summed E-state index contributed by atoms with van der Waals surface area (Å²) in [4.78, 5) is 11.4. The zero-order valence-corrected chi connectivity index (χ0v) is 12.9. The zero-order valence-electron chi connectivity index (χ0n) is 12.1. The zero-order chi connectivity index (χ0) is 15.5. The molecule has 1 aliphatic rings. The number of hydrogen-bond acceptors (Lipinski definition) is 5. The number of methoxy groups -OCH3 is 1. The van der Waals surface area contributed by atoms with E-state index < -0.39 is 15.6 Å². The molecule has 1 heterocycles. The van der Waals surface area contributed by atoms with Gasteiger partial charge < -0.3 is 9.47 Å². The van der Waals surface area contributed by atoms with Crippen LogP contribution in [0.4, 0.5) is 0 Å². The molecule has 116 valence electrons. The summed E-state index contributed by atoms with van der Waals surface area (Å²) in [5, 5.41) is 0. The molecule has 2 rings (SSSR count). The Hall–Kier alpha value is -1.28. The van der Waals surface area contributed by atoms with Crippen LogP contribution in [-0.2, 0) is 19.5 Å². The summed E-state index contributed by atoms with van der Waals surface area (Å²) in [7, 11) is -2.15. The molecule has 0 radical (unpaired) electrons. The summed E-state index contributed by atoms with van der Waals surface area (Å²) in [6.45, 7) is 2.44. The van der Waals surface area contributed by atoms with Crippen LogP contribution in [0.15, 0.2) is 29.2 Å². The predicted molar refractivity (Wildman–Crippen MR) is 76.8 cm³/mol. The van der Waals surface area contributed by atoms with E-state index in [1.807, 2.05) is 0 Å². The summed E-state index contributed by atoms with van der Waals surface area (Å²) in [6, 6.07) is 5.97. The van der Waals surface area contributed by atoms with Crippen molar-refractivity contribution >= 4 is 15.8 Å². The first kappa shape index (κ1) is 16.1. The Bertz CT molecular complexity index is 620. The second-order valence-electron chi connectivity index (χ2n) is 5.10. The fourth-order valence-corrected chi connectivity index (χ4v) is 3.31. The third kappa shape index (κ3) is 3.68. The van der Waals surface area contributed by atoms with Gasteiger partial charge in [0.25, 0.3) is 0 Å². The highest BCUT2D eigenvalue weighted by Crippen LogP contribution is 2.22. The van der Waals surface area contributed by atoms with E-state index in [-0.39, 0.29) is 17.2 Å². The van der Waals surface area contributed by atoms with Gasteiger partial charge in [-0.2, -0.15) is 0 Å². The van der Waals surface area contributed by atoms with Crippen LogP contribution in [0.5, 0.6) is 0 Å². The Labute approximate surface area is 124 Å². The Morgan fingerprint density at radius 3 is 2.81 bits per heavy atom. The molecule has 0 spiro atoms. The summed E-state index contributed by atoms with van der Waals surface area (Å²) >= 11 is 0. The van der Waals surface area contributed by atoms with Crippen molar-refractivity contribution in [2.24, 2.45) is 0 Å². The van der Waals surface area contributed by atoms with Gasteiger partial charge >= 0.3 is 0 Å². The van der Waals surface area contributed by atoms with E-state index in [1.165, 1.54) is 19.1 Å². The molecule has 7 heteroatoms. The van der Waals surface area contributed by atoms with Crippen LogP contribution < -0.4 is 4.72 Å². The maximum atomic E-state index is 12.3. The third-order valence-corrected chi connectivity index (χ3v) is 5.03. The van der Waals surface area contributed by atoms with Crippen molar-refractivity contribution in [3.05, 3.63) is 29.8 Å². The molecule has 0 aliphatic carbocycles. The van der Waals surface area contributed by atoms with E-state index in [9.17, 15) is 13.2 Å². The minimum absolute atomic E-state index is 0.0698. The van der Waals surface area contributed by atoms with Gasteiger partial charge in [-0.05, 0) is 19.1 Å². The molecule has 0 amide bonds. The normalized spacial score (nSPS) is 22.4. The van der Waals surface area contributed by atoms with E-state index in [0.717, 1.165) is 0 Å². The molecule has 1 fully saturated rings. The number of Topliss-reactive ketones (excluding diaryl/α,β-unsaturated/α-hetero) is 1. The smallest absolute Gasteiger partial charge is 0.240 e. The number of carbonyl (C=O) groups is 1. The SMILES string of the molecule is COC1(CNS(=O)(=O)c2cccc(C(C)=O)c2)CCOC1. The largest absolute Gasteiger partial charge is 0.378 e. The molecule has 1 aliphatic heterocycles. The maximum absolute atomic E-state index is 12.3. The quantitative estimate of drug-likeness (QED) is 0.792. The molecule has 1 aromatic rings. The number of nitrogens with one attached hydrogen (secondary N) is 1. The summed E-state index contributed by atoms with van der Waals surface area (Å²) in [5.41, 5.74) is -0.255. The highest BCUT2D eigenvalue weighted by atomic mass is 32.2. The maximum Gasteiger partial charge on any atom is 0.240 e. The minimum atomic E-state index is -3.69. The lowest BCUT2D eigenvalue weighted by atomic mass is 10.0. The second kappa shape index (κ2) is 6.23. The lowest BCUT2D eigenvalue weighted by molar-refractivity contribution is -0.0120. The van der Waals surface area contributed by atoms with E-state index in [4.69, 9.17) is 9.47 Å². The van der Waals surface area contributed by atoms with E-state index in [2.05, 4.69) is 4.72 Å². The predicted octanol–water partition coefficient (Wildman–Crippen LogP) is 0.973. The van der Waals surface area contributed by atoms with Crippen molar-refractivity contribution in [2.45, 2.75) is 23.8 Å². The average Bonchev–Trinajstić information content (AvgIpc) is 2.95. The monoisotopic (exact) mass is 313 g/mol. The van der Waals surface area contributed by atoms with Crippen LogP contribution in [0.1, 0.15) is 23.7 Å². The number of hydrogen-bond donors (Lipinski definition) is 1. The molecule has 0 bridgehead atoms. The molecule has 1 saturated heterocycles. The minimum Gasteiger partial charge on any atom is -0.378 e. The molecule has 0 saturated carbocycles. The molecule has 21 heavy (non-hydrogen) atoms. The number of benzene rings is 1. The number of ketones is 1. The van der Waals surface area contributed by atoms with Gasteiger partial charge in [0.1, 0.15) is 5.60 Å². The average molecular weight is 313 g/mol. The van der Waals surface area contributed by atoms with Gasteiger partial charge in [0.2, 0.25) is 10.0 Å². The topological polar surface area (TPSA) is 81.7 Å². The third-order valence-electron chi connectivity index (χ3n) is 3.64. The molecule has 1 aromatic carbocycles. The van der Waals surface area contributed by atoms with Gasteiger partial charge in [0.15, 0.2) is 5.78 Å². The van der Waals surface area contributed by atoms with Crippen molar-refractivity contribution < 1.29 is 22.7 Å². The highest BCUT2D eigenvalue weighted by molar-refractivity contribution is 7.89. The Kier molecular flexibility index (Phi) is 4.77. The van der Waals surface area contributed by atoms with E-state index in [0.29, 0.717) is 25.2 Å². The Morgan fingerprint density at radius 2 is 2.24 bits per heavy atom. The fraction of sp³-hybridized carbons (Fsp3) is 0.500. The summed E-state index contributed by atoms with van der Waals surface area (Å²) in [5.74, 6) is -0.176. The van der Waals surface area contributed by atoms with Crippen LogP contribution in [0, 0.1) is 0 Å². The highest BCUT2D eigenvalue weighted by Gasteiger charge is 2.36. The number of rotatable bonds is 6. The van der Waals surface area contributed by atoms with E-state index in [1.54, 1.807) is 19.2 Å². The summed E-state index contributed by atoms with van der Waals surface area (Å²) in [6.07, 6.45) is 0.638. The van der Waals surface area contributed by atoms with Crippen molar-refractivity contribution in [1.29, 1.82) is 0 Å². The fourth-order valence-electron chi connectivity index (χ4n) is 2.15. The second-order valence-corrected chi connectivity index (χ2v) is 6.87. The van der Waals surface area contributed by atoms with Gasteiger partial charge in [-0.1, -0.05) is 12.1 Å². The molecule has 0 aromatic heterocycles. The van der Waals surface area contributed by atoms with Gasteiger partial charge in [-0.3, -0.25) is 4.79 Å². The number of carbonyl (C=O) groups excluding carboxylic acids is 1. The molecule has 1 unspecified atom stereocenters. The molecular weight excluding hydrogens is 294 g/mol. The van der Waals surface area contributed by atoms with Gasteiger partial charge in [-0.25, -0.2) is 13.1 Å². The van der Waals surface area contributed by atoms with Crippen molar-refractivity contribution in [3.8, 4) is 0 Å². The van der Waals surface area contributed by atoms with Crippen LogP contribution in [0.2, 0.25) is 0 Å². The molecule has 1 N–H and O–H groups in total. The van der Waals surface area contributed by atoms with Gasteiger partial charge in [0.05, 0.1) is 11.5 Å². The Morgan fingerprint density at radius 1 is 1.48 bits per heavy atom. The van der Waals surface area contributed by atoms with Crippen LogP contribution >= 0.6 is 0 Å². The van der Waals surface area contributed by atoms with Crippen molar-refractivity contribution in [2.75, 3.05) is 26.9 Å². The molecular formula is C14H19NO5S. The molecule has 1 atom stereocenters. The summed E-state index contributed by atoms with van der Waals surface area (Å²) < 4.78 is 37.8. The first-order valence-corrected chi connectivity index (χ1v) is 8.10. The van der Waals surface area contributed by atoms with Crippen molar-refractivity contribution in [1.82, 2.24) is 4.72 Å². The van der Waals surface area contributed by atoms with E-state index >= 15 is 0 Å². The van der Waals surface area contributed by atoms with Crippen LogP contribution in [0.3, 0.4) is 0 Å². The van der Waals surface area contributed by atoms with Gasteiger partial charge in [-0.15, -0.1) is 0 Å². The molecule has 6 nitrogen and oxygen atoms in total. The first-order chi connectivity index (χ1) is 9.88.